The topological polar surface area (TPSA) is 64.9 Å². The molecule has 0 amide bonds. The molecule has 0 aliphatic rings. The van der Waals surface area contributed by atoms with Crippen LogP contribution in [0, 0.1) is 0 Å². The molecule has 2 rings (SSSR count). The molecule has 14 heavy (non-hydrogen) atoms. The fourth-order valence-corrected chi connectivity index (χ4v) is 1.96. The zero-order valence-electron chi connectivity index (χ0n) is 7.64. The summed E-state index contributed by atoms with van der Waals surface area (Å²) in [6.45, 7) is 0.690. The summed E-state index contributed by atoms with van der Waals surface area (Å²) in [6.07, 6.45) is 3.48. The lowest BCUT2D eigenvalue weighted by atomic mass is 10.3. The first-order chi connectivity index (χ1) is 6.90. The number of hydrogen-bond acceptors (Lipinski definition) is 5. The maximum atomic E-state index is 5.42. The quantitative estimate of drug-likeness (QED) is 0.832. The van der Waals surface area contributed by atoms with E-state index in [-0.39, 0.29) is 0 Å². The van der Waals surface area contributed by atoms with Gasteiger partial charge in [-0.15, -0.1) is 10.2 Å². The molecule has 0 bridgehead atoms. The Labute approximate surface area is 85.8 Å². The molecule has 0 atom stereocenters. The van der Waals surface area contributed by atoms with Crippen molar-refractivity contribution in [3.8, 4) is 10.8 Å². The second-order valence-corrected chi connectivity index (χ2v) is 3.93. The zero-order valence-corrected chi connectivity index (χ0v) is 8.46. The van der Waals surface area contributed by atoms with Crippen molar-refractivity contribution >= 4 is 11.3 Å². The van der Waals surface area contributed by atoms with Crippen LogP contribution in [0.15, 0.2) is 22.8 Å². The Morgan fingerprint density at radius 1 is 1.43 bits per heavy atom. The summed E-state index contributed by atoms with van der Waals surface area (Å²) in [7, 11) is 0. The van der Waals surface area contributed by atoms with E-state index in [0.29, 0.717) is 6.54 Å². The largest absolute Gasteiger partial charge is 0.462 e. The lowest BCUT2D eigenvalue weighted by molar-refractivity contribution is 0.581. The van der Waals surface area contributed by atoms with Gasteiger partial charge in [0.25, 0.3) is 0 Å². The van der Waals surface area contributed by atoms with E-state index in [1.807, 2.05) is 12.1 Å². The summed E-state index contributed by atoms with van der Waals surface area (Å²) < 4.78 is 5.22. The van der Waals surface area contributed by atoms with E-state index in [2.05, 4.69) is 10.2 Å². The molecule has 4 nitrogen and oxygen atoms in total. The van der Waals surface area contributed by atoms with Crippen LogP contribution in [-0.2, 0) is 6.42 Å². The Bertz CT molecular complexity index is 382. The maximum Gasteiger partial charge on any atom is 0.183 e. The van der Waals surface area contributed by atoms with Gasteiger partial charge in [-0.3, -0.25) is 0 Å². The Morgan fingerprint density at radius 3 is 3.07 bits per heavy atom. The molecule has 74 valence electrons. The summed E-state index contributed by atoms with van der Waals surface area (Å²) >= 11 is 1.56. The summed E-state index contributed by atoms with van der Waals surface area (Å²) in [4.78, 5) is 0. The molecule has 2 N–H and O–H groups in total. The minimum Gasteiger partial charge on any atom is -0.462 e. The third-order valence-electron chi connectivity index (χ3n) is 1.79. The van der Waals surface area contributed by atoms with Crippen LogP contribution in [0.1, 0.15) is 11.4 Å². The van der Waals surface area contributed by atoms with Crippen molar-refractivity contribution in [3.05, 3.63) is 23.4 Å². The third kappa shape index (κ3) is 2.00. The van der Waals surface area contributed by atoms with Crippen LogP contribution in [0.2, 0.25) is 0 Å². The van der Waals surface area contributed by atoms with Gasteiger partial charge in [-0.05, 0) is 25.1 Å². The number of hydrogen-bond donors (Lipinski definition) is 1. The highest BCUT2D eigenvalue weighted by atomic mass is 32.1. The Kier molecular flexibility index (Phi) is 2.90. The fraction of sp³-hybridized carbons (Fsp3) is 0.333. The molecule has 0 aromatic carbocycles. The van der Waals surface area contributed by atoms with E-state index in [1.165, 1.54) is 0 Å². The number of nitrogens with two attached hydrogens (primary N) is 1. The van der Waals surface area contributed by atoms with E-state index < -0.39 is 0 Å². The molecule has 0 unspecified atom stereocenters. The highest BCUT2D eigenvalue weighted by Crippen LogP contribution is 2.23. The molecule has 0 saturated carbocycles. The molecule has 0 saturated heterocycles. The normalized spacial score (nSPS) is 10.6. The smallest absolute Gasteiger partial charge is 0.183 e. The van der Waals surface area contributed by atoms with Gasteiger partial charge in [0, 0.05) is 6.42 Å². The summed E-state index contributed by atoms with van der Waals surface area (Å²) in [5.74, 6) is 0.779. The number of aryl methyl sites for hydroxylation is 1. The molecule has 2 aromatic rings. The van der Waals surface area contributed by atoms with Crippen molar-refractivity contribution < 1.29 is 4.42 Å². The van der Waals surface area contributed by atoms with Crippen LogP contribution in [0.4, 0.5) is 0 Å². The third-order valence-corrected chi connectivity index (χ3v) is 2.79. The highest BCUT2D eigenvalue weighted by Gasteiger charge is 2.07. The van der Waals surface area contributed by atoms with Crippen molar-refractivity contribution in [1.82, 2.24) is 10.2 Å². The van der Waals surface area contributed by atoms with Crippen LogP contribution in [0.3, 0.4) is 0 Å². The number of nitrogens with zero attached hydrogens (tertiary/aromatic N) is 2. The number of aromatic nitrogens is 2. The summed E-state index contributed by atoms with van der Waals surface area (Å²) in [5.41, 5.74) is 5.42. The number of furan rings is 1. The van der Waals surface area contributed by atoms with Crippen LogP contribution in [0.5, 0.6) is 0 Å². The highest BCUT2D eigenvalue weighted by molar-refractivity contribution is 7.14. The predicted molar refractivity (Wildman–Crippen MR) is 55.0 cm³/mol. The van der Waals surface area contributed by atoms with Gasteiger partial charge >= 0.3 is 0 Å². The van der Waals surface area contributed by atoms with Gasteiger partial charge in [-0.25, -0.2) is 0 Å². The molecule has 0 aliphatic carbocycles. The molecule has 0 fully saturated rings. The molecule has 0 aliphatic heterocycles. The number of rotatable bonds is 4. The van der Waals surface area contributed by atoms with Crippen molar-refractivity contribution in [2.24, 2.45) is 5.73 Å². The predicted octanol–water partition coefficient (Wildman–Crippen LogP) is 1.69. The maximum absolute atomic E-state index is 5.42. The molecular formula is C9H11N3OS. The van der Waals surface area contributed by atoms with E-state index in [1.54, 1.807) is 17.6 Å². The lowest BCUT2D eigenvalue weighted by Crippen LogP contribution is -1.99. The second kappa shape index (κ2) is 4.34. The van der Waals surface area contributed by atoms with Gasteiger partial charge in [0.15, 0.2) is 10.8 Å². The second-order valence-electron chi connectivity index (χ2n) is 2.87. The van der Waals surface area contributed by atoms with Crippen molar-refractivity contribution in [3.63, 3.8) is 0 Å². The molecule has 2 heterocycles. The molecule has 0 spiro atoms. The van der Waals surface area contributed by atoms with Gasteiger partial charge in [0.1, 0.15) is 5.01 Å². The van der Waals surface area contributed by atoms with Crippen LogP contribution in [-0.4, -0.2) is 16.7 Å². The first-order valence-electron chi connectivity index (χ1n) is 4.46. The minimum absolute atomic E-state index is 0.690. The van der Waals surface area contributed by atoms with Gasteiger partial charge in [-0.2, -0.15) is 0 Å². The van der Waals surface area contributed by atoms with Crippen molar-refractivity contribution in [2.75, 3.05) is 6.54 Å². The minimum atomic E-state index is 0.690. The SMILES string of the molecule is NCCCc1nnc(-c2ccco2)s1. The van der Waals surface area contributed by atoms with Gasteiger partial charge in [-0.1, -0.05) is 11.3 Å². The standard InChI is InChI=1S/C9H11N3OS/c10-5-1-4-8-11-12-9(14-8)7-3-2-6-13-7/h2-3,6H,1,4-5,10H2. The van der Waals surface area contributed by atoms with Gasteiger partial charge < -0.3 is 10.2 Å². The summed E-state index contributed by atoms with van der Waals surface area (Å²) in [6, 6.07) is 3.73. The van der Waals surface area contributed by atoms with Crippen LogP contribution in [0.25, 0.3) is 10.8 Å². The first kappa shape index (κ1) is 9.36. The Balaban J connectivity index is 2.10. The molecule has 0 radical (unpaired) electrons. The zero-order chi connectivity index (χ0) is 9.80. The molecular weight excluding hydrogens is 198 g/mol. The van der Waals surface area contributed by atoms with Crippen molar-refractivity contribution in [1.29, 1.82) is 0 Å². The van der Waals surface area contributed by atoms with E-state index in [4.69, 9.17) is 10.2 Å². The average Bonchev–Trinajstić information content (AvgIpc) is 2.85. The molecule has 5 heteroatoms. The monoisotopic (exact) mass is 209 g/mol. The average molecular weight is 209 g/mol. The van der Waals surface area contributed by atoms with Gasteiger partial charge in [0.05, 0.1) is 6.26 Å². The Morgan fingerprint density at radius 2 is 2.36 bits per heavy atom. The van der Waals surface area contributed by atoms with Crippen molar-refractivity contribution in [2.45, 2.75) is 12.8 Å². The van der Waals surface area contributed by atoms with E-state index >= 15 is 0 Å². The fourth-order valence-electron chi connectivity index (χ4n) is 1.11. The Hall–Kier alpha value is -1.20. The lowest BCUT2D eigenvalue weighted by Gasteiger charge is -1.89. The van der Waals surface area contributed by atoms with E-state index in [0.717, 1.165) is 28.6 Å². The van der Waals surface area contributed by atoms with E-state index in [9.17, 15) is 0 Å². The van der Waals surface area contributed by atoms with Gasteiger partial charge in [0.2, 0.25) is 0 Å². The first-order valence-corrected chi connectivity index (χ1v) is 5.28. The van der Waals surface area contributed by atoms with Crippen LogP contribution >= 0.6 is 11.3 Å². The molecule has 2 aromatic heterocycles. The van der Waals surface area contributed by atoms with Crippen LogP contribution < -0.4 is 5.73 Å². The summed E-state index contributed by atoms with van der Waals surface area (Å²) in [5, 5.41) is 9.96.